The van der Waals surface area contributed by atoms with E-state index in [9.17, 15) is 4.79 Å². The van der Waals surface area contributed by atoms with Gasteiger partial charge >= 0.3 is 6.09 Å². The van der Waals surface area contributed by atoms with Crippen LogP contribution in [0.2, 0.25) is 0 Å². The number of carbonyl (C=O) groups is 1. The molecule has 0 radical (unpaired) electrons. The molecule has 84 valence electrons. The molecule has 1 saturated carbocycles. The topological polar surface area (TPSA) is 38.3 Å². The van der Waals surface area contributed by atoms with Gasteiger partial charge in [0.15, 0.2) is 0 Å². The van der Waals surface area contributed by atoms with E-state index < -0.39 is 0 Å². The Morgan fingerprint density at radius 1 is 1.47 bits per heavy atom. The Kier molecular flexibility index (Phi) is 3.62. The van der Waals surface area contributed by atoms with Crippen LogP contribution in [-0.2, 0) is 4.74 Å². The second-order valence-electron chi connectivity index (χ2n) is 5.08. The molecule has 0 bridgehead atoms. The first-order valence-electron chi connectivity index (χ1n) is 5.35. The maximum atomic E-state index is 11.4. The van der Waals surface area contributed by atoms with Gasteiger partial charge in [0.25, 0.3) is 0 Å². The van der Waals surface area contributed by atoms with Gasteiger partial charge in [-0.05, 0) is 40.0 Å². The summed E-state index contributed by atoms with van der Waals surface area (Å²) in [7, 11) is 0. The summed E-state index contributed by atoms with van der Waals surface area (Å²) in [6.45, 7) is 5.77. The lowest BCUT2D eigenvalue weighted by Gasteiger charge is -2.21. The minimum absolute atomic E-state index is 0.00611. The quantitative estimate of drug-likeness (QED) is 0.673. The molecule has 2 atom stereocenters. The van der Waals surface area contributed by atoms with E-state index >= 15 is 0 Å². The second-order valence-corrected chi connectivity index (χ2v) is 5.08. The van der Waals surface area contributed by atoms with Gasteiger partial charge in [0.2, 0.25) is 0 Å². The van der Waals surface area contributed by atoms with Crippen molar-refractivity contribution in [2.24, 2.45) is 5.92 Å². The van der Waals surface area contributed by atoms with Crippen LogP contribution in [0, 0.1) is 18.3 Å². The molecule has 1 N–H and O–H groups in total. The Balaban J connectivity index is 2.32. The Morgan fingerprint density at radius 2 is 2.13 bits per heavy atom. The van der Waals surface area contributed by atoms with E-state index in [4.69, 9.17) is 11.2 Å². The summed E-state index contributed by atoms with van der Waals surface area (Å²) in [5.74, 6) is 2.98. The van der Waals surface area contributed by atoms with Gasteiger partial charge in [0.05, 0.1) is 0 Å². The number of nitrogens with one attached hydrogen (secondary N) is 1. The lowest BCUT2D eigenvalue weighted by atomic mass is 10.1. The minimum atomic E-state index is -0.342. The highest BCUT2D eigenvalue weighted by Crippen LogP contribution is 2.27. The van der Waals surface area contributed by atoms with Gasteiger partial charge in [-0.3, -0.25) is 0 Å². The number of alkyl carbamates (subject to hydrolysis) is 1. The summed E-state index contributed by atoms with van der Waals surface area (Å²) in [6, 6.07) is 0. The molecule has 1 aliphatic rings. The maximum absolute atomic E-state index is 11.4. The highest BCUT2D eigenvalue weighted by molar-refractivity contribution is 5.68. The Bertz CT molecular complexity index is 272. The SMILES string of the molecule is C#CC1CCC(OC(=O)NC(C)(C)C)C1. The van der Waals surface area contributed by atoms with E-state index in [0.29, 0.717) is 0 Å². The number of rotatable bonds is 1. The van der Waals surface area contributed by atoms with Crippen LogP contribution >= 0.6 is 0 Å². The third kappa shape index (κ3) is 4.24. The molecule has 0 aromatic carbocycles. The summed E-state index contributed by atoms with van der Waals surface area (Å²) < 4.78 is 5.27. The second kappa shape index (κ2) is 4.57. The van der Waals surface area contributed by atoms with Gasteiger partial charge in [-0.2, -0.15) is 0 Å². The zero-order chi connectivity index (χ0) is 11.5. The molecule has 3 heteroatoms. The van der Waals surface area contributed by atoms with Crippen molar-refractivity contribution in [2.75, 3.05) is 0 Å². The fraction of sp³-hybridized carbons (Fsp3) is 0.750. The smallest absolute Gasteiger partial charge is 0.407 e. The monoisotopic (exact) mass is 209 g/mol. The van der Waals surface area contributed by atoms with Crippen LogP contribution in [0.25, 0.3) is 0 Å². The van der Waals surface area contributed by atoms with E-state index in [1.807, 2.05) is 20.8 Å². The van der Waals surface area contributed by atoms with Crippen molar-refractivity contribution in [3.05, 3.63) is 0 Å². The Hall–Kier alpha value is -1.17. The van der Waals surface area contributed by atoms with Crippen molar-refractivity contribution >= 4 is 6.09 Å². The number of hydrogen-bond acceptors (Lipinski definition) is 2. The van der Waals surface area contributed by atoms with E-state index in [1.165, 1.54) is 0 Å². The lowest BCUT2D eigenvalue weighted by molar-refractivity contribution is 0.0934. The number of amides is 1. The van der Waals surface area contributed by atoms with Crippen LogP contribution in [0.4, 0.5) is 4.79 Å². The van der Waals surface area contributed by atoms with Gasteiger partial charge in [-0.15, -0.1) is 12.3 Å². The first kappa shape index (κ1) is 11.9. The van der Waals surface area contributed by atoms with Gasteiger partial charge in [-0.1, -0.05) is 0 Å². The van der Waals surface area contributed by atoms with Crippen LogP contribution in [0.3, 0.4) is 0 Å². The molecule has 0 spiro atoms. The van der Waals surface area contributed by atoms with Gasteiger partial charge in [-0.25, -0.2) is 4.79 Å². The van der Waals surface area contributed by atoms with E-state index in [0.717, 1.165) is 19.3 Å². The number of terminal acetylenes is 1. The standard InChI is InChI=1S/C12H19NO2/c1-5-9-6-7-10(8-9)15-11(14)13-12(2,3)4/h1,9-10H,6-8H2,2-4H3,(H,13,14). The molecule has 0 aromatic heterocycles. The Morgan fingerprint density at radius 3 is 2.60 bits per heavy atom. The summed E-state index contributed by atoms with van der Waals surface area (Å²) in [4.78, 5) is 11.4. The largest absolute Gasteiger partial charge is 0.446 e. The van der Waals surface area contributed by atoms with E-state index in [2.05, 4.69) is 11.2 Å². The van der Waals surface area contributed by atoms with Gasteiger partial charge in [0, 0.05) is 11.5 Å². The average molecular weight is 209 g/mol. The van der Waals surface area contributed by atoms with Crippen LogP contribution in [0.15, 0.2) is 0 Å². The van der Waals surface area contributed by atoms with Crippen molar-refractivity contribution in [2.45, 2.75) is 51.7 Å². The van der Waals surface area contributed by atoms with Crippen LogP contribution in [0.1, 0.15) is 40.0 Å². The van der Waals surface area contributed by atoms with Crippen molar-refractivity contribution in [3.63, 3.8) is 0 Å². The molecule has 0 saturated heterocycles. The van der Waals surface area contributed by atoms with Crippen LogP contribution in [-0.4, -0.2) is 17.7 Å². The van der Waals surface area contributed by atoms with Crippen LogP contribution < -0.4 is 5.32 Å². The normalized spacial score (nSPS) is 25.7. The minimum Gasteiger partial charge on any atom is -0.446 e. The van der Waals surface area contributed by atoms with Crippen molar-refractivity contribution in [1.82, 2.24) is 5.32 Å². The maximum Gasteiger partial charge on any atom is 0.407 e. The lowest BCUT2D eigenvalue weighted by Crippen LogP contribution is -2.42. The molecular formula is C12H19NO2. The third-order valence-corrected chi connectivity index (χ3v) is 2.37. The zero-order valence-electron chi connectivity index (χ0n) is 9.67. The predicted octanol–water partition coefficient (Wildman–Crippen LogP) is 2.31. The number of ether oxygens (including phenoxy) is 1. The van der Waals surface area contributed by atoms with Crippen molar-refractivity contribution in [3.8, 4) is 12.3 Å². The number of hydrogen-bond donors (Lipinski definition) is 1. The Labute approximate surface area is 91.6 Å². The molecule has 0 heterocycles. The van der Waals surface area contributed by atoms with E-state index in [1.54, 1.807) is 0 Å². The summed E-state index contributed by atoms with van der Waals surface area (Å²) in [6.07, 6.45) is 7.62. The number of carbonyl (C=O) groups excluding carboxylic acids is 1. The molecule has 3 nitrogen and oxygen atoms in total. The molecule has 15 heavy (non-hydrogen) atoms. The fourth-order valence-corrected chi connectivity index (χ4v) is 1.69. The summed E-state index contributed by atoms with van der Waals surface area (Å²) in [5, 5.41) is 2.77. The molecule has 1 fully saturated rings. The predicted molar refractivity (Wildman–Crippen MR) is 59.3 cm³/mol. The fourth-order valence-electron chi connectivity index (χ4n) is 1.69. The first-order valence-corrected chi connectivity index (χ1v) is 5.35. The molecule has 0 aromatic rings. The molecule has 0 aliphatic heterocycles. The molecule has 1 amide bonds. The summed E-state index contributed by atoms with van der Waals surface area (Å²) in [5.41, 5.74) is -0.249. The van der Waals surface area contributed by atoms with Crippen LogP contribution in [0.5, 0.6) is 0 Å². The van der Waals surface area contributed by atoms with Gasteiger partial charge in [0.1, 0.15) is 6.10 Å². The molecular weight excluding hydrogens is 190 g/mol. The molecule has 1 aliphatic carbocycles. The molecule has 2 unspecified atom stereocenters. The third-order valence-electron chi connectivity index (χ3n) is 2.37. The van der Waals surface area contributed by atoms with Gasteiger partial charge < -0.3 is 10.1 Å². The highest BCUT2D eigenvalue weighted by Gasteiger charge is 2.27. The highest BCUT2D eigenvalue weighted by atomic mass is 16.6. The van der Waals surface area contributed by atoms with Crippen molar-refractivity contribution < 1.29 is 9.53 Å². The average Bonchev–Trinajstić information content (AvgIpc) is 2.48. The van der Waals surface area contributed by atoms with E-state index in [-0.39, 0.29) is 23.7 Å². The first-order chi connectivity index (χ1) is 6.90. The molecule has 1 rings (SSSR count). The summed E-state index contributed by atoms with van der Waals surface area (Å²) >= 11 is 0. The zero-order valence-corrected chi connectivity index (χ0v) is 9.67. The van der Waals surface area contributed by atoms with Crippen molar-refractivity contribution in [1.29, 1.82) is 0 Å².